The van der Waals surface area contributed by atoms with Crippen LogP contribution in [0.3, 0.4) is 0 Å². The highest BCUT2D eigenvalue weighted by Crippen LogP contribution is 2.44. The number of carbonyl (C=O) groups is 2. The van der Waals surface area contributed by atoms with Crippen molar-refractivity contribution in [2.24, 2.45) is 0 Å². The normalized spacial score (nSPS) is 20.8. The van der Waals surface area contributed by atoms with Crippen LogP contribution in [0.25, 0.3) is 0 Å². The molecule has 0 saturated heterocycles. The molecular weight excluding hydrogens is 293 g/mol. The number of benzene rings is 2. The number of carbonyl (C=O) groups excluding carboxylic acids is 2. The van der Waals surface area contributed by atoms with Gasteiger partial charge in [0.25, 0.3) is 0 Å². The zero-order chi connectivity index (χ0) is 15.9. The second-order valence-electron chi connectivity index (χ2n) is 5.21. The summed E-state index contributed by atoms with van der Waals surface area (Å²) in [5.41, 5.74) is 0.136. The molecule has 22 heavy (non-hydrogen) atoms. The highest BCUT2D eigenvalue weighted by atomic mass is 19.4. The maximum Gasteiger partial charge on any atom is 0.416 e. The molecule has 0 aromatic heterocycles. The molecule has 0 heterocycles. The van der Waals surface area contributed by atoms with E-state index in [2.05, 4.69) is 0 Å². The van der Waals surface area contributed by atoms with Crippen molar-refractivity contribution < 1.29 is 22.8 Å². The lowest BCUT2D eigenvalue weighted by atomic mass is 9.87. The van der Waals surface area contributed by atoms with Crippen LogP contribution in [0.15, 0.2) is 48.5 Å². The summed E-state index contributed by atoms with van der Waals surface area (Å²) in [7, 11) is 0. The van der Waals surface area contributed by atoms with Crippen LogP contribution in [-0.4, -0.2) is 12.1 Å². The van der Waals surface area contributed by atoms with Gasteiger partial charge in [-0.05, 0) is 23.3 Å². The van der Waals surface area contributed by atoms with Gasteiger partial charge in [0, 0.05) is 5.56 Å². The fourth-order valence-corrected chi connectivity index (χ4v) is 2.92. The van der Waals surface area contributed by atoms with Gasteiger partial charge in [0.1, 0.15) is 6.29 Å². The first-order chi connectivity index (χ1) is 10.4. The fraction of sp³-hybridized carbons (Fsp3) is 0.176. The van der Waals surface area contributed by atoms with Gasteiger partial charge in [0.2, 0.25) is 0 Å². The van der Waals surface area contributed by atoms with Crippen molar-refractivity contribution >= 4 is 12.1 Å². The van der Waals surface area contributed by atoms with Crippen molar-refractivity contribution in [2.45, 2.75) is 18.0 Å². The van der Waals surface area contributed by atoms with Crippen LogP contribution in [0, 0.1) is 0 Å². The van der Waals surface area contributed by atoms with Crippen molar-refractivity contribution in [1.29, 1.82) is 0 Å². The molecule has 0 N–H and O–H groups in total. The molecule has 0 amide bonds. The number of hydrogen-bond donors (Lipinski definition) is 0. The Morgan fingerprint density at radius 2 is 1.68 bits per heavy atom. The Kier molecular flexibility index (Phi) is 3.35. The van der Waals surface area contributed by atoms with E-state index < -0.39 is 23.6 Å². The van der Waals surface area contributed by atoms with E-state index in [-0.39, 0.29) is 16.9 Å². The standard InChI is InChI=1S/C17H11F3O2/c18-17(19,20)11-6-7-12-13(8-11)14(9-21)15(16(12)22)10-4-2-1-3-5-10/h1-9,14-15H. The highest BCUT2D eigenvalue weighted by Gasteiger charge is 2.42. The van der Waals surface area contributed by atoms with Gasteiger partial charge in [-0.25, -0.2) is 0 Å². The molecule has 2 nitrogen and oxygen atoms in total. The molecule has 3 rings (SSSR count). The van der Waals surface area contributed by atoms with E-state index in [4.69, 9.17) is 0 Å². The van der Waals surface area contributed by atoms with E-state index in [0.717, 1.165) is 12.1 Å². The van der Waals surface area contributed by atoms with Gasteiger partial charge in [-0.2, -0.15) is 13.2 Å². The predicted octanol–water partition coefficient (Wildman–Crippen LogP) is 3.97. The Bertz CT molecular complexity index is 735. The molecule has 0 fully saturated rings. The SMILES string of the molecule is O=CC1c2cc(C(F)(F)F)ccc2C(=O)C1c1ccccc1. The molecule has 2 aromatic rings. The summed E-state index contributed by atoms with van der Waals surface area (Å²) in [4.78, 5) is 23.9. The number of aldehydes is 1. The Morgan fingerprint density at radius 3 is 2.27 bits per heavy atom. The molecule has 2 aromatic carbocycles. The minimum absolute atomic E-state index is 0.156. The summed E-state index contributed by atoms with van der Waals surface area (Å²) >= 11 is 0. The number of hydrogen-bond acceptors (Lipinski definition) is 2. The van der Waals surface area contributed by atoms with Crippen LogP contribution < -0.4 is 0 Å². The minimum Gasteiger partial charge on any atom is -0.303 e. The van der Waals surface area contributed by atoms with Gasteiger partial charge in [-0.1, -0.05) is 36.4 Å². The van der Waals surface area contributed by atoms with Gasteiger partial charge in [-0.15, -0.1) is 0 Å². The number of ketones is 1. The van der Waals surface area contributed by atoms with E-state index in [1.165, 1.54) is 6.07 Å². The molecule has 2 unspecified atom stereocenters. The molecule has 0 spiro atoms. The van der Waals surface area contributed by atoms with Gasteiger partial charge in [0.05, 0.1) is 17.4 Å². The van der Waals surface area contributed by atoms with E-state index in [9.17, 15) is 22.8 Å². The smallest absolute Gasteiger partial charge is 0.303 e. The summed E-state index contributed by atoms with van der Waals surface area (Å²) in [5.74, 6) is -1.95. The first kappa shape index (κ1) is 14.5. The lowest BCUT2D eigenvalue weighted by molar-refractivity contribution is -0.137. The van der Waals surface area contributed by atoms with Crippen LogP contribution in [0.1, 0.15) is 38.9 Å². The van der Waals surface area contributed by atoms with Crippen LogP contribution in [0.2, 0.25) is 0 Å². The van der Waals surface area contributed by atoms with Crippen molar-refractivity contribution in [3.8, 4) is 0 Å². The van der Waals surface area contributed by atoms with Crippen LogP contribution in [-0.2, 0) is 11.0 Å². The first-order valence-electron chi connectivity index (χ1n) is 6.69. The molecule has 1 aliphatic carbocycles. The fourth-order valence-electron chi connectivity index (χ4n) is 2.92. The number of alkyl halides is 3. The third kappa shape index (κ3) is 2.22. The third-order valence-electron chi connectivity index (χ3n) is 3.95. The number of Topliss-reactive ketones (excluding diaryl/α,β-unsaturated/α-hetero) is 1. The Morgan fingerprint density at radius 1 is 1.00 bits per heavy atom. The summed E-state index contributed by atoms with van der Waals surface area (Å²) < 4.78 is 38.5. The van der Waals surface area contributed by atoms with Gasteiger partial charge < -0.3 is 4.79 Å². The Labute approximate surface area is 124 Å². The van der Waals surface area contributed by atoms with Crippen molar-refractivity contribution in [1.82, 2.24) is 0 Å². The zero-order valence-electron chi connectivity index (χ0n) is 11.3. The lowest BCUT2D eigenvalue weighted by Crippen LogP contribution is -2.12. The summed E-state index contributed by atoms with van der Waals surface area (Å²) in [6, 6.07) is 11.6. The largest absolute Gasteiger partial charge is 0.416 e. The molecular formula is C17H11F3O2. The van der Waals surface area contributed by atoms with Crippen LogP contribution in [0.4, 0.5) is 13.2 Å². The molecule has 0 saturated carbocycles. The van der Waals surface area contributed by atoms with E-state index >= 15 is 0 Å². The van der Waals surface area contributed by atoms with Crippen molar-refractivity contribution in [2.75, 3.05) is 0 Å². The van der Waals surface area contributed by atoms with E-state index in [1.807, 2.05) is 0 Å². The third-order valence-corrected chi connectivity index (χ3v) is 3.95. The average Bonchev–Trinajstić information content (AvgIpc) is 2.79. The number of fused-ring (bicyclic) bond motifs is 1. The van der Waals surface area contributed by atoms with E-state index in [0.29, 0.717) is 11.8 Å². The average molecular weight is 304 g/mol. The van der Waals surface area contributed by atoms with Gasteiger partial charge >= 0.3 is 6.18 Å². The minimum atomic E-state index is -4.50. The molecule has 1 aliphatic rings. The monoisotopic (exact) mass is 304 g/mol. The Balaban J connectivity index is 2.12. The maximum atomic E-state index is 12.8. The highest BCUT2D eigenvalue weighted by molar-refractivity contribution is 6.09. The van der Waals surface area contributed by atoms with Gasteiger partial charge in [-0.3, -0.25) is 4.79 Å². The topological polar surface area (TPSA) is 34.1 Å². The molecule has 112 valence electrons. The molecule has 0 aliphatic heterocycles. The lowest BCUT2D eigenvalue weighted by Gasteiger charge is -2.14. The van der Waals surface area contributed by atoms with Gasteiger partial charge in [0.15, 0.2) is 5.78 Å². The van der Waals surface area contributed by atoms with Crippen molar-refractivity contribution in [3.05, 3.63) is 70.8 Å². The maximum absolute atomic E-state index is 12.8. The number of halogens is 3. The first-order valence-corrected chi connectivity index (χ1v) is 6.69. The quantitative estimate of drug-likeness (QED) is 0.787. The summed E-state index contributed by atoms with van der Waals surface area (Å²) in [5, 5.41) is 0. The second-order valence-corrected chi connectivity index (χ2v) is 5.21. The molecule has 5 heteroatoms. The summed E-state index contributed by atoms with van der Waals surface area (Å²) in [6.45, 7) is 0. The van der Waals surface area contributed by atoms with Crippen LogP contribution in [0.5, 0.6) is 0 Å². The molecule has 2 atom stereocenters. The zero-order valence-corrected chi connectivity index (χ0v) is 11.3. The second kappa shape index (κ2) is 5.09. The molecule has 0 radical (unpaired) electrons. The summed E-state index contributed by atoms with van der Waals surface area (Å²) in [6.07, 6.45) is -3.95. The van der Waals surface area contributed by atoms with Crippen LogP contribution >= 0.6 is 0 Å². The van der Waals surface area contributed by atoms with E-state index in [1.54, 1.807) is 30.3 Å². The molecule has 0 bridgehead atoms. The predicted molar refractivity (Wildman–Crippen MR) is 73.8 cm³/mol. The number of rotatable bonds is 2. The Hall–Kier alpha value is -2.43. The van der Waals surface area contributed by atoms with Crippen molar-refractivity contribution in [3.63, 3.8) is 0 Å².